The van der Waals surface area contributed by atoms with Gasteiger partial charge in [0.05, 0.1) is 18.8 Å². The van der Waals surface area contributed by atoms with Crippen molar-refractivity contribution in [1.82, 2.24) is 0 Å². The normalized spacial score (nSPS) is 10.5. The van der Waals surface area contributed by atoms with Gasteiger partial charge >= 0.3 is 11.9 Å². The molecular weight excluding hydrogens is 360 g/mol. The van der Waals surface area contributed by atoms with Gasteiger partial charge in [-0.3, -0.25) is 4.79 Å². The van der Waals surface area contributed by atoms with E-state index in [9.17, 15) is 9.59 Å². The highest BCUT2D eigenvalue weighted by Gasteiger charge is 2.11. The molecule has 0 aromatic heterocycles. The Labute approximate surface area is 165 Å². The van der Waals surface area contributed by atoms with Crippen LogP contribution >= 0.6 is 0 Å². The summed E-state index contributed by atoms with van der Waals surface area (Å²) in [5.41, 5.74) is 2.94. The molecule has 2 aromatic rings. The van der Waals surface area contributed by atoms with Crippen molar-refractivity contribution >= 4 is 11.9 Å². The summed E-state index contributed by atoms with van der Waals surface area (Å²) in [5, 5.41) is 9.07. The Balaban J connectivity index is 2.21. The molecular formula is C22H26O6. The molecule has 2 aromatic carbocycles. The highest BCUT2D eigenvalue weighted by Crippen LogP contribution is 2.32. The number of carboxylic acids is 1. The van der Waals surface area contributed by atoms with Gasteiger partial charge in [0.15, 0.2) is 0 Å². The molecule has 0 unspecified atom stereocenters. The first-order valence-electron chi connectivity index (χ1n) is 9.29. The number of carboxylic acid groups (broad SMARTS) is 1. The van der Waals surface area contributed by atoms with E-state index in [0.717, 1.165) is 23.1 Å². The van der Waals surface area contributed by atoms with Crippen molar-refractivity contribution in [3.8, 4) is 16.9 Å². The van der Waals surface area contributed by atoms with E-state index in [1.165, 1.54) is 0 Å². The molecule has 0 fully saturated rings. The fraction of sp³-hybridized carbons (Fsp3) is 0.364. The number of ether oxygens (including phenoxy) is 3. The smallest absolute Gasteiger partial charge is 0.335 e. The van der Waals surface area contributed by atoms with Crippen molar-refractivity contribution in [2.45, 2.75) is 26.2 Å². The molecule has 0 spiro atoms. The van der Waals surface area contributed by atoms with Crippen LogP contribution in [-0.2, 0) is 20.7 Å². The third-order valence-corrected chi connectivity index (χ3v) is 4.16. The van der Waals surface area contributed by atoms with E-state index in [1.54, 1.807) is 38.3 Å². The summed E-state index contributed by atoms with van der Waals surface area (Å²) < 4.78 is 16.0. The van der Waals surface area contributed by atoms with Crippen LogP contribution < -0.4 is 4.74 Å². The first-order valence-corrected chi connectivity index (χ1v) is 9.29. The van der Waals surface area contributed by atoms with Crippen molar-refractivity contribution in [2.24, 2.45) is 0 Å². The number of benzene rings is 2. The first kappa shape index (κ1) is 21.4. The Hall–Kier alpha value is -2.86. The molecule has 0 atom stereocenters. The number of esters is 1. The molecule has 0 saturated heterocycles. The second-order valence-electron chi connectivity index (χ2n) is 6.21. The standard InChI is InChI=1S/C22H26O6/c1-3-27-21(23)12-6-16-5-11-19(20(15-16)28-14-4-13-26-2)17-7-9-18(10-8-17)22(24)25/h5,7-11,15H,3-4,6,12-14H2,1-2H3,(H,24,25). The Morgan fingerprint density at radius 3 is 2.43 bits per heavy atom. The second kappa shape index (κ2) is 11.1. The van der Waals surface area contributed by atoms with Crippen molar-refractivity contribution < 1.29 is 28.9 Å². The monoisotopic (exact) mass is 386 g/mol. The third-order valence-electron chi connectivity index (χ3n) is 4.16. The van der Waals surface area contributed by atoms with Gasteiger partial charge in [-0.25, -0.2) is 4.79 Å². The highest BCUT2D eigenvalue weighted by atomic mass is 16.5. The Morgan fingerprint density at radius 2 is 1.79 bits per heavy atom. The predicted molar refractivity (Wildman–Crippen MR) is 106 cm³/mol. The van der Waals surface area contributed by atoms with Gasteiger partial charge in [-0.2, -0.15) is 0 Å². The quantitative estimate of drug-likeness (QED) is 0.465. The lowest BCUT2D eigenvalue weighted by Crippen LogP contribution is -2.06. The van der Waals surface area contributed by atoms with Crippen LogP contribution in [0.1, 0.15) is 35.7 Å². The zero-order chi connectivity index (χ0) is 20.4. The molecule has 0 heterocycles. The van der Waals surface area contributed by atoms with Gasteiger partial charge in [-0.1, -0.05) is 24.3 Å². The molecule has 0 amide bonds. The third kappa shape index (κ3) is 6.39. The van der Waals surface area contributed by atoms with Gasteiger partial charge in [-0.15, -0.1) is 0 Å². The van der Waals surface area contributed by atoms with Gasteiger partial charge < -0.3 is 19.3 Å². The minimum Gasteiger partial charge on any atom is -0.493 e. The second-order valence-corrected chi connectivity index (χ2v) is 6.21. The zero-order valence-corrected chi connectivity index (χ0v) is 16.3. The Bertz CT molecular complexity index is 782. The minimum absolute atomic E-state index is 0.224. The van der Waals surface area contributed by atoms with E-state index in [-0.39, 0.29) is 11.5 Å². The molecule has 0 aliphatic rings. The van der Waals surface area contributed by atoms with Crippen molar-refractivity contribution in [3.63, 3.8) is 0 Å². The predicted octanol–water partition coefficient (Wildman–Crippen LogP) is 3.96. The molecule has 0 saturated carbocycles. The lowest BCUT2D eigenvalue weighted by Gasteiger charge is -2.14. The summed E-state index contributed by atoms with van der Waals surface area (Å²) in [6.07, 6.45) is 1.62. The average Bonchev–Trinajstić information content (AvgIpc) is 2.70. The van der Waals surface area contributed by atoms with Crippen LogP contribution in [0.25, 0.3) is 11.1 Å². The van der Waals surface area contributed by atoms with Crippen molar-refractivity contribution in [3.05, 3.63) is 53.6 Å². The molecule has 6 nitrogen and oxygen atoms in total. The Morgan fingerprint density at radius 1 is 1.04 bits per heavy atom. The summed E-state index contributed by atoms with van der Waals surface area (Å²) in [6.45, 7) is 3.26. The van der Waals surface area contributed by atoms with Gasteiger partial charge in [-0.05, 0) is 42.7 Å². The molecule has 28 heavy (non-hydrogen) atoms. The molecule has 6 heteroatoms. The van der Waals surface area contributed by atoms with E-state index in [4.69, 9.17) is 19.3 Å². The molecule has 0 aliphatic carbocycles. The van der Waals surface area contributed by atoms with Crippen LogP contribution in [0.15, 0.2) is 42.5 Å². The highest BCUT2D eigenvalue weighted by molar-refractivity contribution is 5.88. The number of carbonyl (C=O) groups excluding carboxylic acids is 1. The number of rotatable bonds is 11. The number of methoxy groups -OCH3 is 1. The molecule has 0 aliphatic heterocycles. The Kier molecular flexibility index (Phi) is 8.49. The first-order chi connectivity index (χ1) is 13.5. The SMILES string of the molecule is CCOC(=O)CCc1ccc(-c2ccc(C(=O)O)cc2)c(OCCCOC)c1. The lowest BCUT2D eigenvalue weighted by molar-refractivity contribution is -0.143. The van der Waals surface area contributed by atoms with Crippen LogP contribution in [0, 0.1) is 0 Å². The van der Waals surface area contributed by atoms with Gasteiger partial charge in [0.2, 0.25) is 0 Å². The maximum Gasteiger partial charge on any atom is 0.335 e. The summed E-state index contributed by atoms with van der Waals surface area (Å²) in [7, 11) is 1.64. The molecule has 1 N–H and O–H groups in total. The topological polar surface area (TPSA) is 82.1 Å². The van der Waals surface area contributed by atoms with Crippen molar-refractivity contribution in [1.29, 1.82) is 0 Å². The fourth-order valence-corrected chi connectivity index (χ4v) is 2.74. The van der Waals surface area contributed by atoms with E-state index in [0.29, 0.717) is 38.4 Å². The minimum atomic E-state index is -0.961. The van der Waals surface area contributed by atoms with Gasteiger partial charge in [0.1, 0.15) is 5.75 Å². The van der Waals surface area contributed by atoms with Crippen LogP contribution in [0.3, 0.4) is 0 Å². The molecule has 2 rings (SSSR count). The summed E-state index contributed by atoms with van der Waals surface area (Å²) in [5.74, 6) is -0.490. The van der Waals surface area contributed by atoms with Crippen molar-refractivity contribution in [2.75, 3.05) is 26.9 Å². The number of carbonyl (C=O) groups is 2. The lowest BCUT2D eigenvalue weighted by atomic mass is 9.99. The van der Waals surface area contributed by atoms with E-state index in [1.807, 2.05) is 18.2 Å². The number of hydrogen-bond donors (Lipinski definition) is 1. The van der Waals surface area contributed by atoms with Crippen LogP contribution in [-0.4, -0.2) is 44.0 Å². The van der Waals surface area contributed by atoms with Crippen LogP contribution in [0.2, 0.25) is 0 Å². The number of hydrogen-bond acceptors (Lipinski definition) is 5. The molecule has 0 radical (unpaired) electrons. The van der Waals surface area contributed by atoms with Crippen LogP contribution in [0.5, 0.6) is 5.75 Å². The van der Waals surface area contributed by atoms with Crippen LogP contribution in [0.4, 0.5) is 0 Å². The summed E-state index contributed by atoms with van der Waals surface area (Å²) in [6, 6.07) is 12.5. The summed E-state index contributed by atoms with van der Waals surface area (Å²) >= 11 is 0. The van der Waals surface area contributed by atoms with E-state index in [2.05, 4.69) is 0 Å². The zero-order valence-electron chi connectivity index (χ0n) is 16.3. The largest absolute Gasteiger partial charge is 0.493 e. The maximum absolute atomic E-state index is 11.6. The van der Waals surface area contributed by atoms with Gasteiger partial charge in [0, 0.05) is 32.1 Å². The van der Waals surface area contributed by atoms with E-state index < -0.39 is 5.97 Å². The fourth-order valence-electron chi connectivity index (χ4n) is 2.74. The number of aryl methyl sites for hydroxylation is 1. The summed E-state index contributed by atoms with van der Waals surface area (Å²) in [4.78, 5) is 22.7. The average molecular weight is 386 g/mol. The molecule has 0 bridgehead atoms. The number of aromatic carboxylic acids is 1. The molecule has 150 valence electrons. The van der Waals surface area contributed by atoms with Gasteiger partial charge in [0.25, 0.3) is 0 Å². The van der Waals surface area contributed by atoms with E-state index >= 15 is 0 Å². The maximum atomic E-state index is 11.6.